The molecule has 1 amide bonds. The molecule has 1 fully saturated rings. The van der Waals surface area contributed by atoms with E-state index in [1.807, 2.05) is 30.3 Å². The Hall–Kier alpha value is -4.39. The molecule has 2 heterocycles. The summed E-state index contributed by atoms with van der Waals surface area (Å²) in [6.07, 6.45) is 0.717. The van der Waals surface area contributed by atoms with Gasteiger partial charge >= 0.3 is 5.97 Å². The molecule has 0 spiro atoms. The third-order valence-electron chi connectivity index (χ3n) is 6.44. The summed E-state index contributed by atoms with van der Waals surface area (Å²) in [5.41, 5.74) is 3.32. The minimum Gasteiger partial charge on any atom is -0.507 e. The number of nitrogens with zero attached hydrogens (tertiary/aromatic N) is 1. The summed E-state index contributed by atoms with van der Waals surface area (Å²) < 4.78 is 10.6. The fourth-order valence-electron chi connectivity index (χ4n) is 4.67. The number of ether oxygens (including phenoxy) is 2. The second-order valence-electron chi connectivity index (χ2n) is 8.68. The average molecular weight is 484 g/mol. The zero-order chi connectivity index (χ0) is 25.2. The predicted octanol–water partition coefficient (Wildman–Crippen LogP) is 4.42. The molecular weight excluding hydrogens is 458 g/mol. The van der Waals surface area contributed by atoms with Crippen molar-refractivity contribution < 1.29 is 29.0 Å². The number of Topliss-reactive ketones (excluding diaryl/α,β-unsaturated/α-hetero) is 1. The molecule has 0 aromatic heterocycles. The number of rotatable bonds is 6. The van der Waals surface area contributed by atoms with Crippen molar-refractivity contribution in [1.29, 1.82) is 0 Å². The molecule has 1 unspecified atom stereocenters. The summed E-state index contributed by atoms with van der Waals surface area (Å²) in [5, 5.41) is 11.3. The minimum atomic E-state index is -0.763. The van der Waals surface area contributed by atoms with Gasteiger partial charge in [0, 0.05) is 18.5 Å². The van der Waals surface area contributed by atoms with Crippen LogP contribution >= 0.6 is 0 Å². The number of hydrogen-bond acceptors (Lipinski definition) is 6. The van der Waals surface area contributed by atoms with Crippen molar-refractivity contribution in [2.45, 2.75) is 25.9 Å². The Labute approximate surface area is 208 Å². The van der Waals surface area contributed by atoms with Gasteiger partial charge in [-0.1, -0.05) is 42.5 Å². The number of aliphatic hydroxyl groups is 1. The number of amides is 1. The predicted molar refractivity (Wildman–Crippen MR) is 132 cm³/mol. The maximum atomic E-state index is 13.3. The second kappa shape index (κ2) is 9.70. The number of benzene rings is 3. The zero-order valence-corrected chi connectivity index (χ0v) is 19.8. The number of ketones is 1. The lowest BCUT2D eigenvalue weighted by molar-refractivity contribution is -0.140. The Morgan fingerprint density at radius 3 is 2.47 bits per heavy atom. The van der Waals surface area contributed by atoms with Crippen LogP contribution < -0.4 is 4.74 Å². The van der Waals surface area contributed by atoms with Crippen molar-refractivity contribution in [3.8, 4) is 5.75 Å². The molecule has 5 rings (SSSR count). The van der Waals surface area contributed by atoms with E-state index in [0.29, 0.717) is 29.7 Å². The van der Waals surface area contributed by atoms with Gasteiger partial charge in [0.15, 0.2) is 0 Å². The van der Waals surface area contributed by atoms with Crippen LogP contribution in [-0.4, -0.2) is 40.9 Å². The highest BCUT2D eigenvalue weighted by atomic mass is 16.5. The molecule has 182 valence electrons. The molecule has 36 heavy (non-hydrogen) atoms. The van der Waals surface area contributed by atoms with E-state index in [1.165, 1.54) is 4.90 Å². The van der Waals surface area contributed by atoms with Crippen LogP contribution in [-0.2, 0) is 27.3 Å². The van der Waals surface area contributed by atoms with Gasteiger partial charge in [0.2, 0.25) is 0 Å². The Morgan fingerprint density at radius 1 is 1.03 bits per heavy atom. The highest BCUT2D eigenvalue weighted by molar-refractivity contribution is 6.46. The number of carbonyl (C=O) groups excluding carboxylic acids is 3. The molecular formula is C29H25NO6. The second-order valence-corrected chi connectivity index (χ2v) is 8.68. The summed E-state index contributed by atoms with van der Waals surface area (Å²) in [5.74, 6) is -1.30. The first-order valence-corrected chi connectivity index (χ1v) is 11.8. The standard InChI is InChI=1S/C29H25NO6/c1-2-35-29(34)20-10-8-18(9-11-20)17-30-25(19-6-4-3-5-7-19)24(27(32)28(30)33)26(31)22-12-13-23-21(16-22)14-15-36-23/h3-13,16,25,31H,2,14-15,17H2,1H3/b26-24-. The van der Waals surface area contributed by atoms with Crippen LogP contribution in [0.3, 0.4) is 0 Å². The summed E-state index contributed by atoms with van der Waals surface area (Å²) in [6, 6.07) is 20.4. The van der Waals surface area contributed by atoms with Crippen LogP contribution in [0.1, 0.15) is 45.6 Å². The van der Waals surface area contributed by atoms with Gasteiger partial charge in [0.25, 0.3) is 11.7 Å². The number of esters is 1. The van der Waals surface area contributed by atoms with Gasteiger partial charge in [-0.2, -0.15) is 0 Å². The monoisotopic (exact) mass is 483 g/mol. The maximum absolute atomic E-state index is 13.3. The van der Waals surface area contributed by atoms with Gasteiger partial charge in [-0.3, -0.25) is 9.59 Å². The molecule has 1 atom stereocenters. The topological polar surface area (TPSA) is 93.1 Å². The molecule has 0 bridgehead atoms. The molecule has 0 aliphatic carbocycles. The van der Waals surface area contributed by atoms with Crippen LogP contribution in [0.2, 0.25) is 0 Å². The van der Waals surface area contributed by atoms with Gasteiger partial charge < -0.3 is 19.5 Å². The SMILES string of the molecule is CCOC(=O)c1ccc(CN2C(=O)C(=O)/C(=C(\O)c3ccc4c(c3)CCO4)C2c2ccccc2)cc1. The van der Waals surface area contributed by atoms with E-state index in [4.69, 9.17) is 9.47 Å². The third kappa shape index (κ3) is 4.24. The molecule has 7 heteroatoms. The van der Waals surface area contributed by atoms with E-state index in [1.54, 1.807) is 49.4 Å². The quantitative estimate of drug-likeness (QED) is 0.242. The normalized spacial score (nSPS) is 18.1. The first-order chi connectivity index (χ1) is 17.5. The summed E-state index contributed by atoms with van der Waals surface area (Å²) in [6.45, 7) is 2.72. The molecule has 0 radical (unpaired) electrons. The fraction of sp³-hybridized carbons (Fsp3) is 0.207. The largest absolute Gasteiger partial charge is 0.507 e. The highest BCUT2D eigenvalue weighted by Gasteiger charge is 2.46. The van der Waals surface area contributed by atoms with Crippen molar-refractivity contribution in [2.75, 3.05) is 13.2 Å². The Kier molecular flexibility index (Phi) is 6.29. The molecule has 2 aliphatic heterocycles. The van der Waals surface area contributed by atoms with Crippen LogP contribution in [0.5, 0.6) is 5.75 Å². The first-order valence-electron chi connectivity index (χ1n) is 11.8. The smallest absolute Gasteiger partial charge is 0.338 e. The van der Waals surface area contributed by atoms with E-state index >= 15 is 0 Å². The van der Waals surface area contributed by atoms with E-state index in [9.17, 15) is 19.5 Å². The van der Waals surface area contributed by atoms with Crippen LogP contribution in [0.25, 0.3) is 5.76 Å². The van der Waals surface area contributed by atoms with Crippen molar-refractivity contribution in [3.05, 3.63) is 106 Å². The third-order valence-corrected chi connectivity index (χ3v) is 6.44. The lowest BCUT2D eigenvalue weighted by atomic mass is 9.94. The van der Waals surface area contributed by atoms with E-state index in [0.717, 1.165) is 16.9 Å². The molecule has 1 saturated heterocycles. The van der Waals surface area contributed by atoms with Gasteiger partial charge in [0.05, 0.1) is 30.4 Å². The summed E-state index contributed by atoms with van der Waals surface area (Å²) in [7, 11) is 0. The van der Waals surface area contributed by atoms with Crippen molar-refractivity contribution in [2.24, 2.45) is 0 Å². The summed E-state index contributed by atoms with van der Waals surface area (Å²) in [4.78, 5) is 39.9. The molecule has 1 N–H and O–H groups in total. The van der Waals surface area contributed by atoms with Crippen LogP contribution in [0.4, 0.5) is 0 Å². The number of likely N-dealkylation sites (tertiary alicyclic amines) is 1. The van der Waals surface area contributed by atoms with E-state index < -0.39 is 23.7 Å². The van der Waals surface area contributed by atoms with Crippen LogP contribution in [0, 0.1) is 0 Å². The Bertz CT molecular complexity index is 1360. The van der Waals surface area contributed by atoms with Gasteiger partial charge in [0.1, 0.15) is 11.5 Å². The molecule has 3 aromatic rings. The molecule has 3 aromatic carbocycles. The Morgan fingerprint density at radius 2 is 1.75 bits per heavy atom. The Balaban J connectivity index is 1.53. The first kappa shape index (κ1) is 23.4. The number of aliphatic hydroxyl groups excluding tert-OH is 1. The minimum absolute atomic E-state index is 0.0493. The van der Waals surface area contributed by atoms with Crippen LogP contribution in [0.15, 0.2) is 78.4 Å². The van der Waals surface area contributed by atoms with Crippen molar-refractivity contribution in [1.82, 2.24) is 4.90 Å². The average Bonchev–Trinajstić information content (AvgIpc) is 3.47. The van der Waals surface area contributed by atoms with Gasteiger partial charge in [-0.25, -0.2) is 4.79 Å². The number of carbonyl (C=O) groups is 3. The molecule has 2 aliphatic rings. The lowest BCUT2D eigenvalue weighted by Gasteiger charge is -2.25. The number of fused-ring (bicyclic) bond motifs is 1. The fourth-order valence-corrected chi connectivity index (χ4v) is 4.67. The van der Waals surface area contributed by atoms with Gasteiger partial charge in [-0.05, 0) is 53.9 Å². The lowest BCUT2D eigenvalue weighted by Crippen LogP contribution is -2.29. The van der Waals surface area contributed by atoms with E-state index in [-0.39, 0.29) is 24.5 Å². The molecule has 0 saturated carbocycles. The maximum Gasteiger partial charge on any atom is 0.338 e. The highest BCUT2D eigenvalue weighted by Crippen LogP contribution is 2.41. The van der Waals surface area contributed by atoms with E-state index in [2.05, 4.69) is 0 Å². The van der Waals surface area contributed by atoms with Crippen molar-refractivity contribution in [3.63, 3.8) is 0 Å². The van der Waals surface area contributed by atoms with Gasteiger partial charge in [-0.15, -0.1) is 0 Å². The summed E-state index contributed by atoms with van der Waals surface area (Å²) >= 11 is 0. The zero-order valence-electron chi connectivity index (χ0n) is 19.8. The molecule has 7 nitrogen and oxygen atoms in total. The number of hydrogen-bond donors (Lipinski definition) is 1. The van der Waals surface area contributed by atoms with Crippen molar-refractivity contribution >= 4 is 23.4 Å².